The second kappa shape index (κ2) is 7.14. The van der Waals surface area contributed by atoms with Crippen LogP contribution in [0.5, 0.6) is 0 Å². The van der Waals surface area contributed by atoms with E-state index < -0.39 is 23.6 Å². The van der Waals surface area contributed by atoms with E-state index in [1.165, 1.54) is 11.3 Å². The molecule has 9 heteroatoms. The van der Waals surface area contributed by atoms with Crippen LogP contribution in [0.25, 0.3) is 0 Å². The summed E-state index contributed by atoms with van der Waals surface area (Å²) in [6, 6.07) is 7.48. The van der Waals surface area contributed by atoms with Crippen molar-refractivity contribution in [3.63, 3.8) is 0 Å². The molecule has 0 bridgehead atoms. The van der Waals surface area contributed by atoms with Gasteiger partial charge in [0, 0.05) is 10.6 Å². The Morgan fingerprint density at radius 1 is 1.21 bits per heavy atom. The molecule has 0 aliphatic rings. The Morgan fingerprint density at radius 2 is 1.96 bits per heavy atom. The fraction of sp³-hybridized carbons (Fsp3) is 0.133. The lowest BCUT2D eigenvalue weighted by molar-refractivity contribution is -0.137. The van der Waals surface area contributed by atoms with Gasteiger partial charge in [-0.15, -0.1) is 11.3 Å². The van der Waals surface area contributed by atoms with Gasteiger partial charge in [-0.1, -0.05) is 6.07 Å². The third-order valence-corrected chi connectivity index (χ3v) is 3.73. The first kappa shape index (κ1) is 17.5. The Labute approximate surface area is 138 Å². The van der Waals surface area contributed by atoms with Crippen LogP contribution in [0.4, 0.5) is 18.9 Å². The maximum Gasteiger partial charge on any atom is 0.416 e. The highest BCUT2D eigenvalue weighted by molar-refractivity contribution is 7.09. The fourth-order valence-corrected chi connectivity index (χ4v) is 2.42. The average Bonchev–Trinajstić information content (AvgIpc) is 3.04. The smallest absolute Gasteiger partial charge is 0.343 e. The Morgan fingerprint density at radius 3 is 2.54 bits per heavy atom. The van der Waals surface area contributed by atoms with E-state index in [9.17, 15) is 22.8 Å². The topological polar surface area (TPSA) is 82.0 Å². The monoisotopic (exact) mass is 353 g/mol. The number of amides is 2. The van der Waals surface area contributed by atoms with Crippen LogP contribution < -0.4 is 10.6 Å². The molecule has 2 aromatic rings. The first-order valence-corrected chi connectivity index (χ1v) is 7.41. The molecule has 124 valence electrons. The molecule has 0 fully saturated rings. The second-order valence-electron chi connectivity index (χ2n) is 4.62. The van der Waals surface area contributed by atoms with Crippen LogP contribution in [0.2, 0.25) is 0 Å². The Hall–Kier alpha value is -2.86. The predicted octanol–water partition coefficient (Wildman–Crippen LogP) is 2.89. The highest BCUT2D eigenvalue weighted by atomic mass is 32.1. The number of hydrogen-bond donors (Lipinski definition) is 2. The SMILES string of the molecule is N#Cc1cc(NC(=O)C(=O)NCc2cccs2)cc(C(F)(F)F)c1. The Kier molecular flexibility index (Phi) is 5.21. The van der Waals surface area contributed by atoms with Gasteiger partial charge in [0.1, 0.15) is 0 Å². The number of carbonyl (C=O) groups is 2. The summed E-state index contributed by atoms with van der Waals surface area (Å²) >= 11 is 1.38. The average molecular weight is 353 g/mol. The maximum atomic E-state index is 12.8. The molecule has 0 saturated carbocycles. The number of anilines is 1. The molecule has 0 unspecified atom stereocenters. The van der Waals surface area contributed by atoms with Crippen molar-refractivity contribution in [1.29, 1.82) is 5.26 Å². The summed E-state index contributed by atoms with van der Waals surface area (Å²) in [6.45, 7) is 0.135. The van der Waals surface area contributed by atoms with Crippen LogP contribution in [0.3, 0.4) is 0 Å². The van der Waals surface area contributed by atoms with Gasteiger partial charge >= 0.3 is 18.0 Å². The molecule has 1 heterocycles. The molecule has 2 N–H and O–H groups in total. The van der Waals surface area contributed by atoms with E-state index in [4.69, 9.17) is 5.26 Å². The van der Waals surface area contributed by atoms with Crippen LogP contribution in [-0.4, -0.2) is 11.8 Å². The van der Waals surface area contributed by atoms with E-state index in [0.717, 1.165) is 10.9 Å². The normalized spacial score (nSPS) is 10.8. The van der Waals surface area contributed by atoms with Crippen molar-refractivity contribution in [2.45, 2.75) is 12.7 Å². The molecule has 2 amide bonds. The molecule has 2 rings (SSSR count). The lowest BCUT2D eigenvalue weighted by Gasteiger charge is -2.11. The van der Waals surface area contributed by atoms with E-state index in [0.29, 0.717) is 12.1 Å². The molecule has 1 aromatic heterocycles. The summed E-state index contributed by atoms with van der Waals surface area (Å²) in [5.41, 5.74) is -1.65. The predicted molar refractivity (Wildman–Crippen MR) is 81.0 cm³/mol. The number of nitrogens with one attached hydrogen (secondary N) is 2. The minimum atomic E-state index is -4.67. The Bertz CT molecular complexity index is 795. The van der Waals surface area contributed by atoms with Crippen molar-refractivity contribution < 1.29 is 22.8 Å². The molecule has 0 atom stereocenters. The summed E-state index contributed by atoms with van der Waals surface area (Å²) in [5.74, 6) is -2.10. The number of nitriles is 1. The summed E-state index contributed by atoms with van der Waals surface area (Å²) < 4.78 is 38.3. The van der Waals surface area contributed by atoms with Crippen molar-refractivity contribution in [2.75, 3.05) is 5.32 Å². The van der Waals surface area contributed by atoms with Crippen molar-refractivity contribution >= 4 is 28.8 Å². The summed E-state index contributed by atoms with van der Waals surface area (Å²) in [7, 11) is 0. The molecule has 0 aliphatic heterocycles. The van der Waals surface area contributed by atoms with Crippen molar-refractivity contribution in [2.24, 2.45) is 0 Å². The third kappa shape index (κ3) is 4.57. The van der Waals surface area contributed by atoms with Crippen molar-refractivity contribution in [3.05, 3.63) is 51.7 Å². The molecule has 0 radical (unpaired) electrons. The first-order valence-electron chi connectivity index (χ1n) is 6.53. The number of hydrogen-bond acceptors (Lipinski definition) is 4. The molecule has 0 aliphatic carbocycles. The fourth-order valence-electron chi connectivity index (χ4n) is 1.78. The summed E-state index contributed by atoms with van der Waals surface area (Å²) in [5, 5.41) is 15.0. The lowest BCUT2D eigenvalue weighted by Crippen LogP contribution is -2.34. The largest absolute Gasteiger partial charge is 0.416 e. The van der Waals surface area contributed by atoms with E-state index >= 15 is 0 Å². The standard InChI is InChI=1S/C15H10F3N3O2S/c16-15(17,18)10-4-9(7-19)5-11(6-10)21-14(23)13(22)20-8-12-2-1-3-24-12/h1-6H,8H2,(H,20,22)(H,21,23). The summed E-state index contributed by atoms with van der Waals surface area (Å²) in [4.78, 5) is 24.2. The number of halogens is 3. The molecule has 5 nitrogen and oxygen atoms in total. The number of thiophene rings is 1. The van der Waals surface area contributed by atoms with Gasteiger partial charge < -0.3 is 10.6 Å². The zero-order valence-corrected chi connectivity index (χ0v) is 12.8. The van der Waals surface area contributed by atoms with E-state index in [1.807, 2.05) is 0 Å². The molecule has 24 heavy (non-hydrogen) atoms. The minimum absolute atomic E-state index is 0.135. The second-order valence-corrected chi connectivity index (χ2v) is 5.66. The van der Waals surface area contributed by atoms with Crippen LogP contribution in [-0.2, 0) is 22.3 Å². The van der Waals surface area contributed by atoms with Crippen LogP contribution >= 0.6 is 11.3 Å². The van der Waals surface area contributed by atoms with Gasteiger partial charge in [-0.3, -0.25) is 9.59 Å². The van der Waals surface area contributed by atoms with Gasteiger partial charge in [-0.05, 0) is 29.6 Å². The van der Waals surface area contributed by atoms with Gasteiger partial charge in [0.15, 0.2) is 0 Å². The Balaban J connectivity index is 2.07. The highest BCUT2D eigenvalue weighted by Crippen LogP contribution is 2.31. The number of rotatable bonds is 3. The van der Waals surface area contributed by atoms with Gasteiger partial charge in [0.05, 0.1) is 23.7 Å². The molecule has 0 saturated heterocycles. The molecule has 1 aromatic carbocycles. The molecular weight excluding hydrogens is 343 g/mol. The van der Waals surface area contributed by atoms with Gasteiger partial charge in [0.25, 0.3) is 0 Å². The van der Waals surface area contributed by atoms with Gasteiger partial charge in [-0.25, -0.2) is 0 Å². The van der Waals surface area contributed by atoms with Crippen LogP contribution in [0.1, 0.15) is 16.0 Å². The first-order chi connectivity index (χ1) is 11.3. The van der Waals surface area contributed by atoms with Gasteiger partial charge in [-0.2, -0.15) is 18.4 Å². The van der Waals surface area contributed by atoms with Crippen molar-refractivity contribution in [1.82, 2.24) is 5.32 Å². The quantitative estimate of drug-likeness (QED) is 0.833. The molecule has 0 spiro atoms. The zero-order chi connectivity index (χ0) is 17.7. The third-order valence-electron chi connectivity index (χ3n) is 2.86. The summed E-state index contributed by atoms with van der Waals surface area (Å²) in [6.07, 6.45) is -4.67. The highest BCUT2D eigenvalue weighted by Gasteiger charge is 2.31. The minimum Gasteiger partial charge on any atom is -0.343 e. The van der Waals surface area contributed by atoms with E-state index in [-0.39, 0.29) is 17.8 Å². The van der Waals surface area contributed by atoms with E-state index in [2.05, 4.69) is 10.6 Å². The number of nitrogens with zero attached hydrogens (tertiary/aromatic N) is 1. The van der Waals surface area contributed by atoms with Crippen LogP contribution in [0, 0.1) is 11.3 Å². The number of alkyl halides is 3. The molecular formula is C15H10F3N3O2S. The zero-order valence-electron chi connectivity index (χ0n) is 12.0. The number of carbonyl (C=O) groups excluding carboxylic acids is 2. The van der Waals surface area contributed by atoms with Crippen LogP contribution in [0.15, 0.2) is 35.7 Å². The number of benzene rings is 1. The van der Waals surface area contributed by atoms with Gasteiger partial charge in [0.2, 0.25) is 0 Å². The van der Waals surface area contributed by atoms with E-state index in [1.54, 1.807) is 23.6 Å². The lowest BCUT2D eigenvalue weighted by atomic mass is 10.1. The maximum absolute atomic E-state index is 12.8. The van der Waals surface area contributed by atoms with Crippen molar-refractivity contribution in [3.8, 4) is 6.07 Å².